The Hall–Kier alpha value is -0.653. The zero-order chi connectivity index (χ0) is 23.2. The Labute approximate surface area is 191 Å². The van der Waals surface area contributed by atoms with E-state index < -0.39 is 14.4 Å². The van der Waals surface area contributed by atoms with Gasteiger partial charge in [-0.05, 0) is 67.5 Å². The molecule has 6 atom stereocenters. The lowest BCUT2D eigenvalue weighted by Crippen LogP contribution is -2.63. The number of cyclic esters (lactones) is 1. The standard InChI is InChI=1S/C26H46O4Si/c1-9-11-18-14-19-22(20(27)15-18)26(17-29-23(19)28)13-10-12-25(5,6)21(26)16-30-31(7,8)24(2,3)4/h9,18-22,27H,1,10-17H2,2-8H3/t18-,19+,20+,21+,22-,26-/m0/s1. The van der Waals surface area contributed by atoms with Gasteiger partial charge in [-0.25, -0.2) is 0 Å². The molecule has 5 heteroatoms. The van der Waals surface area contributed by atoms with Gasteiger partial charge in [-0.1, -0.05) is 47.1 Å². The van der Waals surface area contributed by atoms with Crippen LogP contribution in [0.25, 0.3) is 0 Å². The molecule has 3 fully saturated rings. The lowest BCUT2D eigenvalue weighted by molar-refractivity contribution is -0.217. The Balaban J connectivity index is 1.95. The summed E-state index contributed by atoms with van der Waals surface area (Å²) >= 11 is 0. The summed E-state index contributed by atoms with van der Waals surface area (Å²) in [6, 6.07) is 0. The normalized spacial score (nSPS) is 38.5. The number of hydrogen-bond acceptors (Lipinski definition) is 4. The number of esters is 1. The van der Waals surface area contributed by atoms with E-state index in [0.29, 0.717) is 19.1 Å². The molecule has 3 rings (SSSR count). The number of fused-ring (bicyclic) bond motifs is 2. The Morgan fingerprint density at radius 2 is 1.94 bits per heavy atom. The lowest BCUT2D eigenvalue weighted by Gasteiger charge is -2.61. The van der Waals surface area contributed by atoms with Crippen molar-refractivity contribution in [1.29, 1.82) is 0 Å². The molecule has 0 aromatic rings. The molecule has 0 radical (unpaired) electrons. The smallest absolute Gasteiger partial charge is 0.309 e. The van der Waals surface area contributed by atoms with Crippen LogP contribution < -0.4 is 0 Å². The molecule has 0 bridgehead atoms. The van der Waals surface area contributed by atoms with Crippen LogP contribution in [0.4, 0.5) is 0 Å². The van der Waals surface area contributed by atoms with Gasteiger partial charge in [-0.2, -0.15) is 0 Å². The fraction of sp³-hybridized carbons (Fsp3) is 0.885. The van der Waals surface area contributed by atoms with Crippen LogP contribution in [0, 0.1) is 34.5 Å². The van der Waals surface area contributed by atoms with E-state index in [2.05, 4.69) is 54.3 Å². The van der Waals surface area contributed by atoms with Crippen molar-refractivity contribution in [1.82, 2.24) is 0 Å². The van der Waals surface area contributed by atoms with Gasteiger partial charge in [0.25, 0.3) is 0 Å². The second kappa shape index (κ2) is 8.61. The van der Waals surface area contributed by atoms with Gasteiger partial charge in [-0.3, -0.25) is 4.79 Å². The van der Waals surface area contributed by atoms with Crippen LogP contribution >= 0.6 is 0 Å². The lowest BCUT2D eigenvalue weighted by atomic mass is 9.47. The Bertz CT molecular complexity index is 679. The van der Waals surface area contributed by atoms with Gasteiger partial charge in [0.1, 0.15) is 0 Å². The summed E-state index contributed by atoms with van der Waals surface area (Å²) in [5.41, 5.74) is -0.103. The third kappa shape index (κ3) is 4.56. The second-order valence-electron chi connectivity index (χ2n) is 12.9. The van der Waals surface area contributed by atoms with Crippen molar-refractivity contribution < 1.29 is 19.1 Å². The molecule has 0 amide bonds. The number of rotatable bonds is 5. The zero-order valence-electron chi connectivity index (χ0n) is 21.0. The Morgan fingerprint density at radius 3 is 2.55 bits per heavy atom. The molecule has 3 aliphatic rings. The van der Waals surface area contributed by atoms with Crippen LogP contribution in [0.5, 0.6) is 0 Å². The summed E-state index contributed by atoms with van der Waals surface area (Å²) in [5, 5.41) is 11.6. The first-order chi connectivity index (χ1) is 14.2. The predicted molar refractivity (Wildman–Crippen MR) is 128 cm³/mol. The number of ether oxygens (including phenoxy) is 1. The van der Waals surface area contributed by atoms with Crippen LogP contribution in [0.3, 0.4) is 0 Å². The molecule has 1 spiro atoms. The molecule has 0 unspecified atom stereocenters. The summed E-state index contributed by atoms with van der Waals surface area (Å²) < 4.78 is 12.7. The Kier molecular flexibility index (Phi) is 6.93. The third-order valence-corrected chi connectivity index (χ3v) is 14.0. The van der Waals surface area contributed by atoms with Gasteiger partial charge < -0.3 is 14.3 Å². The molecule has 1 heterocycles. The molecule has 31 heavy (non-hydrogen) atoms. The second-order valence-corrected chi connectivity index (χ2v) is 17.7. The van der Waals surface area contributed by atoms with Crippen molar-refractivity contribution in [2.45, 2.75) is 97.4 Å². The molecule has 178 valence electrons. The van der Waals surface area contributed by atoms with E-state index in [9.17, 15) is 9.90 Å². The molecule has 1 saturated heterocycles. The van der Waals surface area contributed by atoms with Gasteiger partial charge in [0.2, 0.25) is 0 Å². The van der Waals surface area contributed by atoms with Gasteiger partial charge in [0.05, 0.1) is 18.6 Å². The Morgan fingerprint density at radius 1 is 1.26 bits per heavy atom. The number of aliphatic hydroxyl groups is 1. The summed E-state index contributed by atoms with van der Waals surface area (Å²) in [6.07, 6.45) is 7.17. The summed E-state index contributed by atoms with van der Waals surface area (Å²) in [4.78, 5) is 12.9. The van der Waals surface area contributed by atoms with E-state index in [1.807, 2.05) is 6.08 Å². The van der Waals surface area contributed by atoms with Crippen molar-refractivity contribution >= 4 is 14.3 Å². The zero-order valence-corrected chi connectivity index (χ0v) is 22.0. The first-order valence-corrected chi connectivity index (χ1v) is 15.3. The number of carbonyl (C=O) groups is 1. The minimum atomic E-state index is -1.91. The fourth-order valence-corrected chi connectivity index (χ4v) is 7.71. The van der Waals surface area contributed by atoms with Crippen molar-refractivity contribution in [3.05, 3.63) is 12.7 Å². The summed E-state index contributed by atoms with van der Waals surface area (Å²) in [7, 11) is -1.91. The number of aliphatic hydroxyl groups excluding tert-OH is 1. The predicted octanol–water partition coefficient (Wildman–Crippen LogP) is 5.96. The van der Waals surface area contributed by atoms with E-state index >= 15 is 0 Å². The SMILES string of the molecule is C=CC[C@@H]1C[C@@H](O)[C@@H]2[C@@H](C1)C(=O)OC[C@]21CCCC(C)(C)[C@H]1CO[Si](C)(C)C(C)(C)C. The third-order valence-electron chi connectivity index (χ3n) is 9.48. The molecule has 4 nitrogen and oxygen atoms in total. The molecular weight excluding hydrogens is 404 g/mol. The van der Waals surface area contributed by atoms with Crippen molar-refractivity contribution in [3.63, 3.8) is 0 Å². The maximum Gasteiger partial charge on any atom is 0.309 e. The molecule has 2 aliphatic carbocycles. The van der Waals surface area contributed by atoms with Gasteiger partial charge in [0.15, 0.2) is 8.32 Å². The maximum absolute atomic E-state index is 12.9. The van der Waals surface area contributed by atoms with Gasteiger partial charge >= 0.3 is 5.97 Å². The topological polar surface area (TPSA) is 55.8 Å². The van der Waals surface area contributed by atoms with Crippen molar-refractivity contribution in [3.8, 4) is 0 Å². The van der Waals surface area contributed by atoms with Crippen LogP contribution in [-0.2, 0) is 14.0 Å². The van der Waals surface area contributed by atoms with E-state index in [1.54, 1.807) is 0 Å². The molecule has 1 N–H and O–H groups in total. The fourth-order valence-electron chi connectivity index (χ4n) is 6.69. The highest BCUT2D eigenvalue weighted by molar-refractivity contribution is 6.74. The monoisotopic (exact) mass is 450 g/mol. The van der Waals surface area contributed by atoms with Gasteiger partial charge in [0, 0.05) is 17.9 Å². The van der Waals surface area contributed by atoms with Crippen molar-refractivity contribution in [2.24, 2.45) is 34.5 Å². The first kappa shape index (κ1) is 25.0. The van der Waals surface area contributed by atoms with Crippen LogP contribution in [0.15, 0.2) is 12.7 Å². The highest BCUT2D eigenvalue weighted by Gasteiger charge is 2.62. The molecule has 2 saturated carbocycles. The molecule has 0 aromatic heterocycles. The van der Waals surface area contributed by atoms with Crippen LogP contribution in [0.2, 0.25) is 18.1 Å². The molecule has 1 aliphatic heterocycles. The minimum absolute atomic E-state index is 0.0256. The highest BCUT2D eigenvalue weighted by atomic mass is 28.4. The van der Waals surface area contributed by atoms with Crippen LogP contribution in [0.1, 0.15) is 73.1 Å². The van der Waals surface area contributed by atoms with E-state index in [-0.39, 0.29) is 39.6 Å². The average Bonchev–Trinajstić information content (AvgIpc) is 2.63. The minimum Gasteiger partial charge on any atom is -0.465 e. The largest absolute Gasteiger partial charge is 0.465 e. The number of carbonyl (C=O) groups excluding carboxylic acids is 1. The molecule has 0 aromatic carbocycles. The molecular formula is C26H46O4Si. The van der Waals surface area contributed by atoms with Crippen LogP contribution in [-0.4, -0.2) is 38.7 Å². The van der Waals surface area contributed by atoms with E-state index in [1.165, 1.54) is 0 Å². The van der Waals surface area contributed by atoms with Crippen molar-refractivity contribution in [2.75, 3.05) is 13.2 Å². The number of hydrogen-bond donors (Lipinski definition) is 1. The summed E-state index contributed by atoms with van der Waals surface area (Å²) in [5.74, 6) is 0.258. The quantitative estimate of drug-likeness (QED) is 0.319. The van der Waals surface area contributed by atoms with E-state index in [4.69, 9.17) is 9.16 Å². The highest BCUT2D eigenvalue weighted by Crippen LogP contribution is 2.61. The summed E-state index contributed by atoms with van der Waals surface area (Å²) in [6.45, 7) is 21.2. The van der Waals surface area contributed by atoms with Gasteiger partial charge in [-0.15, -0.1) is 6.58 Å². The average molecular weight is 451 g/mol. The number of allylic oxidation sites excluding steroid dienone is 1. The van der Waals surface area contributed by atoms with E-state index in [0.717, 1.165) is 38.5 Å². The maximum atomic E-state index is 12.9. The first-order valence-electron chi connectivity index (χ1n) is 12.3.